The number of nitrogens with zero attached hydrogens (tertiary/aromatic N) is 2. The molecule has 0 saturated carbocycles. The third-order valence-electron chi connectivity index (χ3n) is 4.57. The summed E-state index contributed by atoms with van der Waals surface area (Å²) < 4.78 is 0.799. The van der Waals surface area contributed by atoms with Gasteiger partial charge in [-0.3, -0.25) is 9.89 Å². The molecule has 1 unspecified atom stereocenters. The number of amides is 1. The molecule has 5 heteroatoms. The number of benzene rings is 1. The summed E-state index contributed by atoms with van der Waals surface area (Å²) in [5.74, 6) is 0.301. The van der Waals surface area contributed by atoms with Crippen LogP contribution in [0, 0.1) is 6.92 Å². The van der Waals surface area contributed by atoms with E-state index in [2.05, 4.69) is 59.0 Å². The summed E-state index contributed by atoms with van der Waals surface area (Å²) in [5, 5.41) is 7.27. The van der Waals surface area contributed by atoms with Gasteiger partial charge in [-0.1, -0.05) is 38.1 Å². The maximum Gasteiger partial charge on any atom is 0.276 e. The Balaban J connectivity index is 1.91. The average Bonchev–Trinajstić information content (AvgIpc) is 3.13. The van der Waals surface area contributed by atoms with Gasteiger partial charge in [0.25, 0.3) is 5.91 Å². The lowest BCUT2D eigenvalue weighted by Gasteiger charge is -2.25. The fourth-order valence-corrected chi connectivity index (χ4v) is 4.10. The van der Waals surface area contributed by atoms with E-state index in [1.54, 1.807) is 0 Å². The Kier molecular flexibility index (Phi) is 4.57. The number of hydrogen-bond acceptors (Lipinski definition) is 2. The van der Waals surface area contributed by atoms with Crippen molar-refractivity contribution < 1.29 is 4.79 Å². The Morgan fingerprint density at radius 1 is 1.39 bits per heavy atom. The molecule has 0 aliphatic carbocycles. The van der Waals surface area contributed by atoms with Gasteiger partial charge in [-0.2, -0.15) is 5.10 Å². The van der Waals surface area contributed by atoms with Crippen molar-refractivity contribution in [1.82, 2.24) is 15.1 Å². The molecule has 1 aliphatic rings. The van der Waals surface area contributed by atoms with Gasteiger partial charge in [-0.05, 0) is 52.7 Å². The van der Waals surface area contributed by atoms with Gasteiger partial charge in [0.05, 0.1) is 16.2 Å². The molecule has 2 heterocycles. The van der Waals surface area contributed by atoms with Gasteiger partial charge in [0, 0.05) is 6.54 Å². The predicted octanol–water partition coefficient (Wildman–Crippen LogP) is 4.58. The number of aromatic amines is 1. The second-order valence-corrected chi connectivity index (χ2v) is 7.26. The molecular weight excluding hydrogens is 354 g/mol. The first-order valence-corrected chi connectivity index (χ1v) is 8.90. The Morgan fingerprint density at radius 2 is 2.13 bits per heavy atom. The molecule has 1 saturated heterocycles. The van der Waals surface area contributed by atoms with E-state index in [4.69, 9.17) is 0 Å². The summed E-state index contributed by atoms with van der Waals surface area (Å²) in [6.45, 7) is 7.06. The predicted molar refractivity (Wildman–Crippen MR) is 94.6 cm³/mol. The molecule has 1 N–H and O–H groups in total. The summed E-state index contributed by atoms with van der Waals surface area (Å²) >= 11 is 3.55. The minimum Gasteiger partial charge on any atom is -0.330 e. The minimum absolute atomic E-state index is 0.00535. The normalized spacial score (nSPS) is 18.0. The van der Waals surface area contributed by atoms with Gasteiger partial charge in [-0.25, -0.2) is 0 Å². The highest BCUT2D eigenvalue weighted by molar-refractivity contribution is 9.10. The van der Waals surface area contributed by atoms with E-state index in [0.717, 1.165) is 29.6 Å². The standard InChI is InChI=1S/C18H22BrN3O/c1-11(2)16-15(19)17(21-20-16)18(23)22-10-6-9-14(22)13-8-5-4-7-12(13)3/h4-5,7-8,11,14H,6,9-10H2,1-3H3,(H,20,21). The van der Waals surface area contributed by atoms with Crippen LogP contribution in [0.25, 0.3) is 0 Å². The molecule has 1 aromatic carbocycles. The zero-order valence-electron chi connectivity index (χ0n) is 13.8. The van der Waals surface area contributed by atoms with Crippen LogP contribution in [0.2, 0.25) is 0 Å². The molecule has 122 valence electrons. The van der Waals surface area contributed by atoms with Gasteiger partial charge in [0.1, 0.15) is 0 Å². The molecule has 1 atom stereocenters. The van der Waals surface area contributed by atoms with Gasteiger partial charge in [-0.15, -0.1) is 0 Å². The number of aryl methyl sites for hydroxylation is 1. The Morgan fingerprint density at radius 3 is 2.78 bits per heavy atom. The smallest absolute Gasteiger partial charge is 0.276 e. The van der Waals surface area contributed by atoms with Crippen LogP contribution in [0.1, 0.15) is 66.0 Å². The van der Waals surface area contributed by atoms with E-state index < -0.39 is 0 Å². The van der Waals surface area contributed by atoms with Crippen LogP contribution in [0.3, 0.4) is 0 Å². The summed E-state index contributed by atoms with van der Waals surface area (Å²) in [7, 11) is 0. The van der Waals surface area contributed by atoms with E-state index >= 15 is 0 Å². The van der Waals surface area contributed by atoms with Crippen molar-refractivity contribution in [3.8, 4) is 0 Å². The zero-order chi connectivity index (χ0) is 16.6. The lowest BCUT2D eigenvalue weighted by Crippen LogP contribution is -2.31. The van der Waals surface area contributed by atoms with Crippen LogP contribution >= 0.6 is 15.9 Å². The SMILES string of the molecule is Cc1ccccc1C1CCCN1C(=O)c1n[nH]c(C(C)C)c1Br. The first-order chi connectivity index (χ1) is 11.0. The first kappa shape index (κ1) is 16.2. The number of hydrogen-bond donors (Lipinski definition) is 1. The monoisotopic (exact) mass is 375 g/mol. The largest absolute Gasteiger partial charge is 0.330 e. The molecule has 1 fully saturated rings. The summed E-state index contributed by atoms with van der Waals surface area (Å²) in [5.41, 5.74) is 3.95. The number of carbonyl (C=O) groups is 1. The number of nitrogens with one attached hydrogen (secondary N) is 1. The Hall–Kier alpha value is -1.62. The van der Waals surface area contributed by atoms with Crippen molar-refractivity contribution in [3.63, 3.8) is 0 Å². The maximum atomic E-state index is 13.0. The third kappa shape index (κ3) is 2.94. The quantitative estimate of drug-likeness (QED) is 0.852. The van der Waals surface area contributed by atoms with Gasteiger partial charge in [0.15, 0.2) is 5.69 Å². The van der Waals surface area contributed by atoms with Crippen LogP contribution in [0.15, 0.2) is 28.7 Å². The molecule has 4 nitrogen and oxygen atoms in total. The van der Waals surface area contributed by atoms with E-state index in [1.807, 2.05) is 17.0 Å². The van der Waals surface area contributed by atoms with Crippen molar-refractivity contribution in [2.45, 2.75) is 45.6 Å². The van der Waals surface area contributed by atoms with Gasteiger partial charge in [0.2, 0.25) is 0 Å². The number of aromatic nitrogens is 2. The topological polar surface area (TPSA) is 49.0 Å². The lowest BCUT2D eigenvalue weighted by atomic mass is 9.99. The zero-order valence-corrected chi connectivity index (χ0v) is 15.4. The molecule has 0 spiro atoms. The molecule has 1 aromatic heterocycles. The number of likely N-dealkylation sites (tertiary alicyclic amines) is 1. The van der Waals surface area contributed by atoms with E-state index in [0.29, 0.717) is 11.6 Å². The number of carbonyl (C=O) groups excluding carboxylic acids is 1. The number of rotatable bonds is 3. The Labute approximate surface area is 145 Å². The van der Waals surface area contributed by atoms with Crippen molar-refractivity contribution in [2.75, 3.05) is 6.54 Å². The van der Waals surface area contributed by atoms with E-state index in [1.165, 1.54) is 11.1 Å². The van der Waals surface area contributed by atoms with Gasteiger partial charge < -0.3 is 4.90 Å². The summed E-state index contributed by atoms with van der Waals surface area (Å²) in [4.78, 5) is 15.0. The Bertz CT molecular complexity index is 723. The number of H-pyrrole nitrogens is 1. The molecule has 1 aliphatic heterocycles. The summed E-state index contributed by atoms with van der Waals surface area (Å²) in [6.07, 6.45) is 2.04. The van der Waals surface area contributed by atoms with E-state index in [9.17, 15) is 4.79 Å². The molecule has 3 rings (SSSR count). The molecular formula is C18H22BrN3O. The molecule has 2 aromatic rings. The second kappa shape index (κ2) is 6.48. The molecule has 0 radical (unpaired) electrons. The highest BCUT2D eigenvalue weighted by Gasteiger charge is 2.33. The van der Waals surface area contributed by atoms with Crippen LogP contribution in [0.5, 0.6) is 0 Å². The summed E-state index contributed by atoms with van der Waals surface area (Å²) in [6, 6.07) is 8.47. The number of halogens is 1. The maximum absolute atomic E-state index is 13.0. The van der Waals surface area contributed by atoms with Crippen molar-refractivity contribution in [3.05, 3.63) is 51.3 Å². The minimum atomic E-state index is 0.00535. The molecule has 23 heavy (non-hydrogen) atoms. The average molecular weight is 376 g/mol. The highest BCUT2D eigenvalue weighted by atomic mass is 79.9. The first-order valence-electron chi connectivity index (χ1n) is 8.11. The van der Waals surface area contributed by atoms with Crippen LogP contribution in [-0.2, 0) is 0 Å². The fourth-order valence-electron chi connectivity index (χ4n) is 3.30. The van der Waals surface area contributed by atoms with Gasteiger partial charge >= 0.3 is 0 Å². The van der Waals surface area contributed by atoms with E-state index in [-0.39, 0.29) is 11.9 Å². The van der Waals surface area contributed by atoms with Crippen molar-refractivity contribution >= 4 is 21.8 Å². The lowest BCUT2D eigenvalue weighted by molar-refractivity contribution is 0.0728. The van der Waals surface area contributed by atoms with Crippen LogP contribution in [-0.4, -0.2) is 27.5 Å². The highest BCUT2D eigenvalue weighted by Crippen LogP contribution is 2.36. The van der Waals surface area contributed by atoms with Crippen molar-refractivity contribution in [1.29, 1.82) is 0 Å². The molecule has 0 bridgehead atoms. The second-order valence-electron chi connectivity index (χ2n) is 6.47. The molecule has 1 amide bonds. The van der Waals surface area contributed by atoms with Crippen molar-refractivity contribution in [2.24, 2.45) is 0 Å². The third-order valence-corrected chi connectivity index (χ3v) is 5.38. The van der Waals surface area contributed by atoms with Crippen LogP contribution < -0.4 is 0 Å². The fraction of sp³-hybridized carbons (Fsp3) is 0.444. The van der Waals surface area contributed by atoms with Crippen LogP contribution in [0.4, 0.5) is 0 Å².